The van der Waals surface area contributed by atoms with Gasteiger partial charge in [0.25, 0.3) is 0 Å². The summed E-state index contributed by atoms with van der Waals surface area (Å²) in [7, 11) is 0. The lowest BCUT2D eigenvalue weighted by Gasteiger charge is -2.27. The van der Waals surface area contributed by atoms with Gasteiger partial charge in [0, 0.05) is 19.0 Å². The van der Waals surface area contributed by atoms with Gasteiger partial charge >= 0.3 is 6.03 Å². The summed E-state index contributed by atoms with van der Waals surface area (Å²) in [5.41, 5.74) is 1.13. The zero-order valence-corrected chi connectivity index (χ0v) is 14.0. The highest BCUT2D eigenvalue weighted by atomic mass is 16.2. The Kier molecular flexibility index (Phi) is 6.44. The molecule has 0 radical (unpaired) electrons. The van der Waals surface area contributed by atoms with E-state index in [-0.39, 0.29) is 24.0 Å². The second kappa shape index (κ2) is 8.56. The smallest absolute Gasteiger partial charge is 0.315 e. The third kappa shape index (κ3) is 4.98. The SMILES string of the molecule is CCC(CC)[C@H](NC(=O)NC[C@H]1CCC(=O)N1)c1ccccc1. The molecule has 1 aromatic rings. The van der Waals surface area contributed by atoms with Crippen LogP contribution in [0.2, 0.25) is 0 Å². The minimum atomic E-state index is -0.174. The lowest BCUT2D eigenvalue weighted by molar-refractivity contribution is -0.119. The maximum absolute atomic E-state index is 12.3. The van der Waals surface area contributed by atoms with Crippen LogP contribution in [-0.2, 0) is 4.79 Å². The van der Waals surface area contributed by atoms with Crippen molar-refractivity contribution >= 4 is 11.9 Å². The van der Waals surface area contributed by atoms with Crippen molar-refractivity contribution in [2.24, 2.45) is 5.92 Å². The van der Waals surface area contributed by atoms with E-state index in [2.05, 4.69) is 41.9 Å². The Morgan fingerprint density at radius 3 is 2.52 bits per heavy atom. The van der Waals surface area contributed by atoms with Crippen molar-refractivity contribution in [2.75, 3.05) is 6.54 Å². The molecule has 5 heteroatoms. The topological polar surface area (TPSA) is 70.2 Å². The second-order valence-electron chi connectivity index (χ2n) is 6.12. The minimum Gasteiger partial charge on any atom is -0.352 e. The number of rotatable bonds is 7. The first-order valence-electron chi connectivity index (χ1n) is 8.52. The normalized spacial score (nSPS) is 18.6. The van der Waals surface area contributed by atoms with Crippen molar-refractivity contribution in [1.82, 2.24) is 16.0 Å². The predicted octanol–water partition coefficient (Wildman–Crippen LogP) is 2.74. The van der Waals surface area contributed by atoms with Crippen molar-refractivity contribution in [3.63, 3.8) is 0 Å². The number of hydrogen-bond acceptors (Lipinski definition) is 2. The van der Waals surface area contributed by atoms with Crippen molar-refractivity contribution in [2.45, 2.75) is 51.6 Å². The van der Waals surface area contributed by atoms with Crippen molar-refractivity contribution in [3.05, 3.63) is 35.9 Å². The van der Waals surface area contributed by atoms with E-state index in [1.165, 1.54) is 0 Å². The Labute approximate surface area is 138 Å². The molecule has 3 N–H and O–H groups in total. The molecule has 126 valence electrons. The number of hydrogen-bond donors (Lipinski definition) is 3. The number of urea groups is 1. The van der Waals surface area contributed by atoms with Crippen molar-refractivity contribution in [1.29, 1.82) is 0 Å². The third-order valence-corrected chi connectivity index (χ3v) is 4.56. The summed E-state index contributed by atoms with van der Waals surface area (Å²) in [5.74, 6) is 0.464. The van der Waals surface area contributed by atoms with E-state index >= 15 is 0 Å². The van der Waals surface area contributed by atoms with Gasteiger partial charge in [0.1, 0.15) is 0 Å². The van der Waals surface area contributed by atoms with Gasteiger partial charge in [0.15, 0.2) is 0 Å². The van der Waals surface area contributed by atoms with Gasteiger partial charge in [-0.2, -0.15) is 0 Å². The molecule has 1 heterocycles. The third-order valence-electron chi connectivity index (χ3n) is 4.56. The van der Waals surface area contributed by atoms with Gasteiger partial charge < -0.3 is 16.0 Å². The molecule has 0 saturated carbocycles. The molecular weight excluding hydrogens is 290 g/mol. The van der Waals surface area contributed by atoms with E-state index in [0.717, 1.165) is 24.8 Å². The number of benzene rings is 1. The van der Waals surface area contributed by atoms with Crippen LogP contribution in [0.25, 0.3) is 0 Å². The number of carbonyl (C=O) groups is 2. The molecule has 1 aliphatic rings. The largest absolute Gasteiger partial charge is 0.352 e. The predicted molar refractivity (Wildman–Crippen MR) is 91.0 cm³/mol. The monoisotopic (exact) mass is 317 g/mol. The molecule has 0 unspecified atom stereocenters. The summed E-state index contributed by atoms with van der Waals surface area (Å²) in [4.78, 5) is 23.5. The summed E-state index contributed by atoms with van der Waals surface area (Å²) in [6.45, 7) is 4.78. The summed E-state index contributed by atoms with van der Waals surface area (Å²) >= 11 is 0. The Balaban J connectivity index is 1.94. The average molecular weight is 317 g/mol. The van der Waals surface area contributed by atoms with E-state index in [4.69, 9.17) is 0 Å². The number of amides is 3. The molecule has 0 bridgehead atoms. The van der Waals surface area contributed by atoms with Crippen LogP contribution in [0.3, 0.4) is 0 Å². The molecule has 3 amide bonds. The van der Waals surface area contributed by atoms with Crippen LogP contribution in [0.4, 0.5) is 4.79 Å². The molecule has 1 fully saturated rings. The molecule has 0 aliphatic carbocycles. The molecule has 0 aromatic heterocycles. The van der Waals surface area contributed by atoms with E-state index in [1.807, 2.05) is 18.2 Å². The Bertz CT molecular complexity index is 514. The highest BCUT2D eigenvalue weighted by Gasteiger charge is 2.24. The van der Waals surface area contributed by atoms with Gasteiger partial charge in [-0.25, -0.2) is 4.79 Å². The second-order valence-corrected chi connectivity index (χ2v) is 6.12. The lowest BCUT2D eigenvalue weighted by Crippen LogP contribution is -2.45. The van der Waals surface area contributed by atoms with E-state index in [1.54, 1.807) is 0 Å². The standard InChI is InChI=1S/C18H27N3O2/c1-3-13(4-2)17(14-8-6-5-7-9-14)21-18(23)19-12-15-10-11-16(22)20-15/h5-9,13,15,17H,3-4,10-12H2,1-2H3,(H,20,22)(H2,19,21,23)/t15-,17+/m1/s1. The molecular formula is C18H27N3O2. The first kappa shape index (κ1) is 17.3. The average Bonchev–Trinajstić information content (AvgIpc) is 2.99. The van der Waals surface area contributed by atoms with Crippen LogP contribution < -0.4 is 16.0 Å². The minimum absolute atomic E-state index is 0.00405. The molecule has 1 saturated heterocycles. The van der Waals surface area contributed by atoms with Crippen LogP contribution in [-0.4, -0.2) is 24.5 Å². The van der Waals surface area contributed by atoms with Crippen molar-refractivity contribution in [3.8, 4) is 0 Å². The fourth-order valence-electron chi connectivity index (χ4n) is 3.13. The van der Waals surface area contributed by atoms with Gasteiger partial charge in [0.2, 0.25) is 5.91 Å². The molecule has 5 nitrogen and oxygen atoms in total. The first-order chi connectivity index (χ1) is 11.1. The highest BCUT2D eigenvalue weighted by molar-refractivity contribution is 5.79. The van der Waals surface area contributed by atoms with E-state index < -0.39 is 0 Å². The van der Waals surface area contributed by atoms with E-state index in [0.29, 0.717) is 18.9 Å². The molecule has 1 aromatic carbocycles. The summed E-state index contributed by atoms with van der Waals surface area (Å²) in [5, 5.41) is 8.85. The summed E-state index contributed by atoms with van der Waals surface area (Å²) in [6, 6.07) is 9.97. The van der Waals surface area contributed by atoms with E-state index in [9.17, 15) is 9.59 Å². The molecule has 2 rings (SSSR count). The van der Waals surface area contributed by atoms with Crippen LogP contribution in [0.1, 0.15) is 51.1 Å². The quantitative estimate of drug-likeness (QED) is 0.723. The fourth-order valence-corrected chi connectivity index (χ4v) is 3.13. The van der Waals surface area contributed by atoms with Crippen LogP contribution in [0.5, 0.6) is 0 Å². The number of nitrogens with one attached hydrogen (secondary N) is 3. The van der Waals surface area contributed by atoms with Gasteiger partial charge in [0.05, 0.1) is 6.04 Å². The Hall–Kier alpha value is -2.04. The highest BCUT2D eigenvalue weighted by Crippen LogP contribution is 2.27. The maximum atomic E-state index is 12.3. The van der Waals surface area contributed by atoms with Crippen LogP contribution >= 0.6 is 0 Å². The van der Waals surface area contributed by atoms with Gasteiger partial charge in [-0.1, -0.05) is 57.0 Å². The Morgan fingerprint density at radius 1 is 1.26 bits per heavy atom. The van der Waals surface area contributed by atoms with Gasteiger partial charge in [-0.15, -0.1) is 0 Å². The van der Waals surface area contributed by atoms with Crippen LogP contribution in [0, 0.1) is 5.92 Å². The zero-order valence-electron chi connectivity index (χ0n) is 14.0. The zero-order chi connectivity index (χ0) is 16.7. The molecule has 1 aliphatic heterocycles. The molecule has 23 heavy (non-hydrogen) atoms. The lowest BCUT2D eigenvalue weighted by atomic mass is 9.89. The van der Waals surface area contributed by atoms with Gasteiger partial charge in [-0.05, 0) is 17.9 Å². The van der Waals surface area contributed by atoms with Crippen LogP contribution in [0.15, 0.2) is 30.3 Å². The van der Waals surface area contributed by atoms with Gasteiger partial charge in [-0.3, -0.25) is 4.79 Å². The summed E-state index contributed by atoms with van der Waals surface area (Å²) < 4.78 is 0. The first-order valence-corrected chi connectivity index (χ1v) is 8.52. The fraction of sp³-hybridized carbons (Fsp3) is 0.556. The Morgan fingerprint density at radius 2 is 1.96 bits per heavy atom. The summed E-state index contributed by atoms with van der Waals surface area (Å²) in [6.07, 6.45) is 3.35. The van der Waals surface area contributed by atoms with Crippen molar-refractivity contribution < 1.29 is 9.59 Å². The number of carbonyl (C=O) groups excluding carboxylic acids is 2. The maximum Gasteiger partial charge on any atom is 0.315 e. The molecule has 0 spiro atoms. The molecule has 2 atom stereocenters.